The molecule has 27 heavy (non-hydrogen) atoms. The Kier molecular flexibility index (Phi) is 4.13. The lowest BCUT2D eigenvalue weighted by Crippen LogP contribution is -2.45. The van der Waals surface area contributed by atoms with Gasteiger partial charge in [0.05, 0.1) is 5.69 Å². The van der Waals surface area contributed by atoms with Crippen LogP contribution in [0.2, 0.25) is 0 Å². The molecule has 1 aliphatic heterocycles. The predicted octanol–water partition coefficient (Wildman–Crippen LogP) is 2.77. The van der Waals surface area contributed by atoms with Gasteiger partial charge in [-0.2, -0.15) is 0 Å². The average Bonchev–Trinajstić information content (AvgIpc) is 3.32. The summed E-state index contributed by atoms with van der Waals surface area (Å²) in [7, 11) is 0. The van der Waals surface area contributed by atoms with Gasteiger partial charge in [0.15, 0.2) is 0 Å². The first-order valence-electron chi connectivity index (χ1n) is 9.38. The second-order valence-electron chi connectivity index (χ2n) is 7.61. The van der Waals surface area contributed by atoms with Gasteiger partial charge in [-0.3, -0.25) is 14.7 Å². The highest BCUT2D eigenvalue weighted by Crippen LogP contribution is 2.43. The molecule has 138 valence electrons. The third-order valence-corrected chi connectivity index (χ3v) is 6.49. The molecular weight excluding hydrogens is 358 g/mol. The number of nitrogens with one attached hydrogen (secondary N) is 1. The van der Waals surface area contributed by atoms with Gasteiger partial charge in [-0.1, -0.05) is 0 Å². The minimum Gasteiger partial charge on any atom is -0.306 e. The van der Waals surface area contributed by atoms with E-state index in [-0.39, 0.29) is 11.0 Å². The lowest BCUT2D eigenvalue weighted by Gasteiger charge is -2.40. The number of piperidine rings is 1. The Balaban J connectivity index is 1.51. The molecule has 0 radical (unpaired) electrons. The molecule has 0 saturated carbocycles. The molecule has 1 unspecified atom stereocenters. The zero-order valence-corrected chi connectivity index (χ0v) is 15.8. The van der Waals surface area contributed by atoms with Gasteiger partial charge in [0, 0.05) is 53.6 Å². The first kappa shape index (κ1) is 16.8. The fourth-order valence-corrected chi connectivity index (χ4v) is 5.14. The number of hydrogen-bond donors (Lipinski definition) is 1. The average molecular weight is 379 g/mol. The van der Waals surface area contributed by atoms with Crippen LogP contribution in [-0.4, -0.2) is 37.3 Å². The molecule has 7 heteroatoms. The first-order chi connectivity index (χ1) is 13.2. The molecule has 4 heterocycles. The standard InChI is InChI=1S/C20H21N5OS/c26-19-16-4-6-20(5-2-8-25(13-20)11-14-9-22-27-12-14)17(16)23-18(24-19)15-3-1-7-21-10-15/h1,3,7,9-10,12H,2,4-6,8,11,13H2,(H,23,24,26). The highest BCUT2D eigenvalue weighted by Gasteiger charge is 2.44. The second kappa shape index (κ2) is 6.65. The van der Waals surface area contributed by atoms with E-state index in [2.05, 4.69) is 24.6 Å². The van der Waals surface area contributed by atoms with E-state index in [1.807, 2.05) is 18.3 Å². The normalized spacial score (nSPS) is 22.2. The molecular formula is C20H21N5OS. The van der Waals surface area contributed by atoms with Gasteiger partial charge >= 0.3 is 0 Å². The molecule has 1 atom stereocenters. The summed E-state index contributed by atoms with van der Waals surface area (Å²) in [4.78, 5) is 27.3. The third-order valence-electron chi connectivity index (χ3n) is 5.85. The molecule has 0 bridgehead atoms. The predicted molar refractivity (Wildman–Crippen MR) is 105 cm³/mol. The number of likely N-dealkylation sites (tertiary alicyclic amines) is 1. The summed E-state index contributed by atoms with van der Waals surface area (Å²) in [6.07, 6.45) is 9.50. The maximum atomic E-state index is 12.7. The summed E-state index contributed by atoms with van der Waals surface area (Å²) in [6.45, 7) is 2.97. The zero-order chi connectivity index (χ0) is 18.3. The summed E-state index contributed by atoms with van der Waals surface area (Å²) in [6, 6.07) is 3.81. The van der Waals surface area contributed by atoms with Crippen LogP contribution in [0.4, 0.5) is 0 Å². The van der Waals surface area contributed by atoms with Gasteiger partial charge in [-0.25, -0.2) is 9.36 Å². The second-order valence-corrected chi connectivity index (χ2v) is 8.27. The molecule has 6 nitrogen and oxygen atoms in total. The van der Waals surface area contributed by atoms with Crippen LogP contribution in [0.3, 0.4) is 0 Å². The Labute approximate surface area is 161 Å². The van der Waals surface area contributed by atoms with Crippen molar-refractivity contribution in [1.29, 1.82) is 0 Å². The molecule has 2 aliphatic rings. The number of hydrogen-bond acceptors (Lipinski definition) is 6. The minimum absolute atomic E-state index is 0.00915. The molecule has 1 fully saturated rings. The Hall–Kier alpha value is -2.38. The van der Waals surface area contributed by atoms with Crippen molar-refractivity contribution >= 4 is 11.5 Å². The monoisotopic (exact) mass is 379 g/mol. The van der Waals surface area contributed by atoms with Crippen LogP contribution in [0, 0.1) is 0 Å². The van der Waals surface area contributed by atoms with Crippen molar-refractivity contribution in [3.63, 3.8) is 0 Å². The van der Waals surface area contributed by atoms with E-state index in [0.29, 0.717) is 5.82 Å². The van der Waals surface area contributed by atoms with E-state index < -0.39 is 0 Å². The summed E-state index contributed by atoms with van der Waals surface area (Å²) in [5, 5.41) is 2.12. The van der Waals surface area contributed by atoms with E-state index in [1.165, 1.54) is 17.1 Å². The molecule has 1 N–H and O–H groups in total. The van der Waals surface area contributed by atoms with Crippen molar-refractivity contribution in [3.8, 4) is 11.4 Å². The molecule has 0 amide bonds. The summed E-state index contributed by atoms with van der Waals surface area (Å²) < 4.78 is 4.22. The number of aromatic nitrogens is 4. The molecule has 0 aromatic carbocycles. The summed E-state index contributed by atoms with van der Waals surface area (Å²) in [5.41, 5.74) is 4.01. The van der Waals surface area contributed by atoms with Crippen molar-refractivity contribution in [2.24, 2.45) is 0 Å². The molecule has 3 aromatic heterocycles. The number of aromatic amines is 1. The van der Waals surface area contributed by atoms with E-state index in [0.717, 1.165) is 62.1 Å². The maximum absolute atomic E-state index is 12.7. The first-order valence-corrected chi connectivity index (χ1v) is 10.2. The molecule has 1 saturated heterocycles. The van der Waals surface area contributed by atoms with Gasteiger partial charge < -0.3 is 4.98 Å². The SMILES string of the molecule is O=c1[nH]c(-c2cccnc2)nc2c1CCC21CCCN(Cc2cnsc2)C1. The van der Waals surface area contributed by atoms with E-state index in [9.17, 15) is 4.79 Å². The third kappa shape index (κ3) is 3.00. The molecule has 1 spiro atoms. The summed E-state index contributed by atoms with van der Waals surface area (Å²) >= 11 is 1.50. The van der Waals surface area contributed by atoms with Crippen LogP contribution in [0.25, 0.3) is 11.4 Å². The van der Waals surface area contributed by atoms with Crippen LogP contribution in [-0.2, 0) is 18.4 Å². The van der Waals surface area contributed by atoms with E-state index in [4.69, 9.17) is 4.98 Å². The van der Waals surface area contributed by atoms with Crippen molar-refractivity contribution in [2.45, 2.75) is 37.6 Å². The Bertz CT molecular complexity index is 1000. The highest BCUT2D eigenvalue weighted by molar-refractivity contribution is 7.03. The Morgan fingerprint density at radius 3 is 3.07 bits per heavy atom. The maximum Gasteiger partial charge on any atom is 0.254 e. The molecule has 3 aromatic rings. The quantitative estimate of drug-likeness (QED) is 0.757. The van der Waals surface area contributed by atoms with Crippen molar-refractivity contribution in [3.05, 3.63) is 63.3 Å². The van der Waals surface area contributed by atoms with Crippen molar-refractivity contribution in [1.82, 2.24) is 24.2 Å². The largest absolute Gasteiger partial charge is 0.306 e. The van der Waals surface area contributed by atoms with Gasteiger partial charge in [-0.05, 0) is 61.5 Å². The van der Waals surface area contributed by atoms with Gasteiger partial charge in [0.25, 0.3) is 5.56 Å². The van der Waals surface area contributed by atoms with Gasteiger partial charge in [0.2, 0.25) is 0 Å². The zero-order valence-electron chi connectivity index (χ0n) is 15.0. The van der Waals surface area contributed by atoms with Crippen LogP contribution >= 0.6 is 11.5 Å². The fourth-order valence-electron chi connectivity index (χ4n) is 4.61. The molecule has 1 aliphatic carbocycles. The van der Waals surface area contributed by atoms with E-state index in [1.54, 1.807) is 12.4 Å². The lowest BCUT2D eigenvalue weighted by atomic mass is 9.77. The number of rotatable bonds is 3. The van der Waals surface area contributed by atoms with Gasteiger partial charge in [0.1, 0.15) is 5.82 Å². The topological polar surface area (TPSA) is 74.8 Å². The van der Waals surface area contributed by atoms with Crippen LogP contribution in [0.1, 0.15) is 36.1 Å². The Morgan fingerprint density at radius 2 is 2.26 bits per heavy atom. The van der Waals surface area contributed by atoms with Crippen molar-refractivity contribution in [2.75, 3.05) is 13.1 Å². The summed E-state index contributed by atoms with van der Waals surface area (Å²) in [5.74, 6) is 0.632. The number of H-pyrrole nitrogens is 1. The lowest BCUT2D eigenvalue weighted by molar-refractivity contribution is 0.137. The van der Waals surface area contributed by atoms with Crippen LogP contribution in [0.15, 0.2) is 40.9 Å². The van der Waals surface area contributed by atoms with Gasteiger partial charge in [-0.15, -0.1) is 0 Å². The molecule has 5 rings (SSSR count). The van der Waals surface area contributed by atoms with Crippen molar-refractivity contribution < 1.29 is 0 Å². The Morgan fingerprint density at radius 1 is 1.30 bits per heavy atom. The smallest absolute Gasteiger partial charge is 0.254 e. The number of nitrogens with zero attached hydrogens (tertiary/aromatic N) is 4. The van der Waals surface area contributed by atoms with Crippen LogP contribution < -0.4 is 5.56 Å². The fraction of sp³-hybridized carbons (Fsp3) is 0.400. The van der Waals surface area contributed by atoms with E-state index >= 15 is 0 Å². The minimum atomic E-state index is -0.0117. The van der Waals surface area contributed by atoms with Crippen LogP contribution in [0.5, 0.6) is 0 Å². The number of fused-ring (bicyclic) bond motifs is 2. The number of pyridine rings is 1. The highest BCUT2D eigenvalue weighted by atomic mass is 32.1.